The maximum absolute atomic E-state index is 11.1. The number of hydrogen-bond donors (Lipinski definition) is 0. The molecule has 1 rings (SSSR count). The van der Waals surface area contributed by atoms with Crippen molar-refractivity contribution in [3.05, 3.63) is 23.8 Å². The van der Waals surface area contributed by atoms with E-state index in [-0.39, 0.29) is 5.97 Å². The van der Waals surface area contributed by atoms with Crippen molar-refractivity contribution in [3.8, 4) is 0 Å². The van der Waals surface area contributed by atoms with E-state index in [1.807, 2.05) is 19.1 Å². The molecular weight excluding hydrogens is 140 g/mol. The molecule has 0 saturated carbocycles. The molecule has 0 bridgehead atoms. The monoisotopic (exact) mass is 152 g/mol. The minimum atomic E-state index is -0.170. The van der Waals surface area contributed by atoms with Crippen molar-refractivity contribution < 1.29 is 9.53 Å². The Morgan fingerprint density at radius 2 is 2.55 bits per heavy atom. The summed E-state index contributed by atoms with van der Waals surface area (Å²) in [6.07, 6.45) is 7.23. The molecule has 0 saturated heterocycles. The van der Waals surface area contributed by atoms with Gasteiger partial charge < -0.3 is 4.74 Å². The Kier molecular flexibility index (Phi) is 2.90. The fraction of sp³-hybridized carbons (Fsp3) is 0.444. The fourth-order valence-corrected chi connectivity index (χ4v) is 0.886. The molecule has 11 heavy (non-hydrogen) atoms. The summed E-state index contributed by atoms with van der Waals surface area (Å²) in [5.41, 5.74) is 0.762. The number of rotatable bonds is 3. The van der Waals surface area contributed by atoms with Crippen LogP contribution in [0.25, 0.3) is 0 Å². The Balaban J connectivity index is 2.31. The summed E-state index contributed by atoms with van der Waals surface area (Å²) in [6, 6.07) is 0. The molecule has 0 heterocycles. The SMILES string of the molecule is CCCOC(=O)C1=CC=CC1. The van der Waals surface area contributed by atoms with Gasteiger partial charge in [0.25, 0.3) is 0 Å². The van der Waals surface area contributed by atoms with E-state index in [1.54, 1.807) is 6.08 Å². The number of ether oxygens (including phenoxy) is 1. The van der Waals surface area contributed by atoms with Gasteiger partial charge in [0.15, 0.2) is 0 Å². The molecule has 0 unspecified atom stereocenters. The quantitative estimate of drug-likeness (QED) is 0.576. The molecular formula is C9H12O2. The van der Waals surface area contributed by atoms with E-state index in [9.17, 15) is 4.79 Å². The zero-order valence-corrected chi connectivity index (χ0v) is 6.67. The van der Waals surface area contributed by atoms with E-state index >= 15 is 0 Å². The lowest BCUT2D eigenvalue weighted by atomic mass is 10.2. The lowest BCUT2D eigenvalue weighted by molar-refractivity contribution is -0.139. The molecule has 0 fully saturated rings. The maximum atomic E-state index is 11.1. The van der Waals surface area contributed by atoms with Crippen LogP contribution in [0.5, 0.6) is 0 Å². The van der Waals surface area contributed by atoms with Gasteiger partial charge in [0.05, 0.1) is 6.61 Å². The molecule has 2 heteroatoms. The first-order valence-corrected chi connectivity index (χ1v) is 3.87. The predicted molar refractivity (Wildman–Crippen MR) is 43.1 cm³/mol. The van der Waals surface area contributed by atoms with Crippen LogP contribution < -0.4 is 0 Å². The van der Waals surface area contributed by atoms with Crippen LogP contribution in [-0.4, -0.2) is 12.6 Å². The van der Waals surface area contributed by atoms with Crippen LogP contribution in [0.3, 0.4) is 0 Å². The van der Waals surface area contributed by atoms with Gasteiger partial charge in [0.2, 0.25) is 0 Å². The van der Waals surface area contributed by atoms with Gasteiger partial charge in [-0.3, -0.25) is 0 Å². The molecule has 1 aliphatic rings. The van der Waals surface area contributed by atoms with Gasteiger partial charge in [-0.05, 0) is 12.8 Å². The summed E-state index contributed by atoms with van der Waals surface area (Å²) in [7, 11) is 0. The smallest absolute Gasteiger partial charge is 0.334 e. The van der Waals surface area contributed by atoms with Crippen molar-refractivity contribution >= 4 is 5.97 Å². The largest absolute Gasteiger partial charge is 0.462 e. The van der Waals surface area contributed by atoms with Crippen LogP contribution in [0.1, 0.15) is 19.8 Å². The molecule has 0 aliphatic heterocycles. The van der Waals surface area contributed by atoms with E-state index in [4.69, 9.17) is 4.74 Å². The first-order chi connectivity index (χ1) is 5.34. The van der Waals surface area contributed by atoms with Crippen LogP contribution in [0.4, 0.5) is 0 Å². The Morgan fingerprint density at radius 1 is 1.73 bits per heavy atom. The van der Waals surface area contributed by atoms with Gasteiger partial charge >= 0.3 is 5.97 Å². The molecule has 1 aliphatic carbocycles. The highest BCUT2D eigenvalue weighted by Crippen LogP contribution is 2.11. The van der Waals surface area contributed by atoms with Gasteiger partial charge in [-0.15, -0.1) is 0 Å². The number of carbonyl (C=O) groups excluding carboxylic acids is 1. The second-order valence-corrected chi connectivity index (χ2v) is 2.46. The third-order valence-electron chi connectivity index (χ3n) is 1.47. The summed E-state index contributed by atoms with van der Waals surface area (Å²) in [5, 5.41) is 0. The van der Waals surface area contributed by atoms with Gasteiger partial charge in [0.1, 0.15) is 0 Å². The van der Waals surface area contributed by atoms with Gasteiger partial charge in [-0.2, -0.15) is 0 Å². The van der Waals surface area contributed by atoms with Gasteiger partial charge in [-0.25, -0.2) is 4.79 Å². The number of carbonyl (C=O) groups is 1. The molecule has 0 atom stereocenters. The molecule has 0 N–H and O–H groups in total. The van der Waals surface area contributed by atoms with E-state index in [1.165, 1.54) is 0 Å². The van der Waals surface area contributed by atoms with Crippen molar-refractivity contribution in [1.29, 1.82) is 0 Å². The number of hydrogen-bond acceptors (Lipinski definition) is 2. The minimum absolute atomic E-state index is 0.170. The van der Waals surface area contributed by atoms with Crippen LogP contribution in [0.15, 0.2) is 23.8 Å². The van der Waals surface area contributed by atoms with E-state index < -0.39 is 0 Å². The number of esters is 1. The molecule has 60 valence electrons. The van der Waals surface area contributed by atoms with Crippen molar-refractivity contribution in [2.24, 2.45) is 0 Å². The lowest BCUT2D eigenvalue weighted by Crippen LogP contribution is -2.06. The van der Waals surface area contributed by atoms with E-state index in [0.717, 1.165) is 18.4 Å². The van der Waals surface area contributed by atoms with Gasteiger partial charge in [-0.1, -0.05) is 25.2 Å². The Morgan fingerprint density at radius 3 is 3.09 bits per heavy atom. The van der Waals surface area contributed by atoms with Crippen molar-refractivity contribution in [2.75, 3.05) is 6.61 Å². The van der Waals surface area contributed by atoms with Crippen molar-refractivity contribution in [3.63, 3.8) is 0 Å². The molecule has 0 aromatic heterocycles. The van der Waals surface area contributed by atoms with Crippen molar-refractivity contribution in [2.45, 2.75) is 19.8 Å². The first kappa shape index (κ1) is 8.05. The minimum Gasteiger partial charge on any atom is -0.462 e. The Bertz CT molecular complexity index is 202. The lowest BCUT2D eigenvalue weighted by Gasteiger charge is -2.01. The summed E-state index contributed by atoms with van der Waals surface area (Å²) < 4.78 is 4.93. The highest BCUT2D eigenvalue weighted by molar-refractivity contribution is 5.89. The maximum Gasteiger partial charge on any atom is 0.334 e. The summed E-state index contributed by atoms with van der Waals surface area (Å²) >= 11 is 0. The van der Waals surface area contributed by atoms with E-state index in [2.05, 4.69) is 0 Å². The average Bonchev–Trinajstić information content (AvgIpc) is 2.52. The zero-order valence-electron chi connectivity index (χ0n) is 6.67. The van der Waals surface area contributed by atoms with Crippen LogP contribution >= 0.6 is 0 Å². The number of allylic oxidation sites excluding steroid dienone is 3. The Hall–Kier alpha value is -1.05. The van der Waals surface area contributed by atoms with E-state index in [0.29, 0.717) is 6.61 Å². The van der Waals surface area contributed by atoms with Crippen LogP contribution in [0.2, 0.25) is 0 Å². The first-order valence-electron chi connectivity index (χ1n) is 3.87. The summed E-state index contributed by atoms with van der Waals surface area (Å²) in [4.78, 5) is 11.1. The average molecular weight is 152 g/mol. The predicted octanol–water partition coefficient (Wildman–Crippen LogP) is 1.83. The molecule has 0 spiro atoms. The third kappa shape index (κ3) is 2.22. The normalized spacial score (nSPS) is 14.8. The summed E-state index contributed by atoms with van der Waals surface area (Å²) in [5.74, 6) is -0.170. The van der Waals surface area contributed by atoms with Crippen molar-refractivity contribution in [1.82, 2.24) is 0 Å². The second kappa shape index (κ2) is 3.96. The molecule has 0 aromatic carbocycles. The molecule has 0 amide bonds. The summed E-state index contributed by atoms with van der Waals surface area (Å²) in [6.45, 7) is 2.50. The fourth-order valence-electron chi connectivity index (χ4n) is 0.886. The zero-order chi connectivity index (χ0) is 8.10. The van der Waals surface area contributed by atoms with Crippen LogP contribution in [-0.2, 0) is 9.53 Å². The van der Waals surface area contributed by atoms with Gasteiger partial charge in [0, 0.05) is 5.57 Å². The highest BCUT2D eigenvalue weighted by atomic mass is 16.5. The van der Waals surface area contributed by atoms with Crippen LogP contribution in [0, 0.1) is 0 Å². The molecule has 2 nitrogen and oxygen atoms in total. The third-order valence-corrected chi connectivity index (χ3v) is 1.47. The highest BCUT2D eigenvalue weighted by Gasteiger charge is 2.10. The molecule has 0 aromatic rings. The standard InChI is InChI=1S/C9H12O2/c1-2-7-11-9(10)8-5-3-4-6-8/h3-5H,2,6-7H2,1H3. The topological polar surface area (TPSA) is 26.3 Å². The molecule has 0 radical (unpaired) electrons. The Labute approximate surface area is 66.5 Å². The second-order valence-electron chi connectivity index (χ2n) is 2.46.